The van der Waals surface area contributed by atoms with Crippen molar-refractivity contribution in [2.24, 2.45) is 0 Å². The molecule has 84 valence electrons. The van der Waals surface area contributed by atoms with Crippen LogP contribution in [0.4, 0.5) is 0 Å². The van der Waals surface area contributed by atoms with E-state index in [1.165, 1.54) is 11.1 Å². The molecule has 1 aliphatic rings. The van der Waals surface area contributed by atoms with Gasteiger partial charge in [0.1, 0.15) is 0 Å². The standard InChI is InChI=1S/C13H15IOSi/c1-4-16(2,3)15-13-11-8-6-5-7-10(11)9-12(13)14/h1,5-8,12-13H,9H2,2-3H3/t12-,13-/m0/s1. The Morgan fingerprint density at radius 3 is 2.81 bits per heavy atom. The summed E-state index contributed by atoms with van der Waals surface area (Å²) in [6.07, 6.45) is 6.82. The monoisotopic (exact) mass is 342 g/mol. The largest absolute Gasteiger partial charge is 0.397 e. The Labute approximate surface area is 112 Å². The summed E-state index contributed by atoms with van der Waals surface area (Å²) in [5.41, 5.74) is 5.57. The summed E-state index contributed by atoms with van der Waals surface area (Å²) in [5.74, 6) is 0. The highest BCUT2D eigenvalue weighted by Gasteiger charge is 2.35. The molecule has 0 aromatic heterocycles. The Kier molecular flexibility index (Phi) is 3.43. The quantitative estimate of drug-likeness (QED) is 0.346. The first-order chi connectivity index (χ1) is 7.53. The predicted molar refractivity (Wildman–Crippen MR) is 78.1 cm³/mol. The Bertz CT molecular complexity index is 436. The predicted octanol–water partition coefficient (Wildman–Crippen LogP) is 3.48. The zero-order chi connectivity index (χ0) is 11.8. The van der Waals surface area contributed by atoms with Crippen molar-refractivity contribution in [3.8, 4) is 12.0 Å². The van der Waals surface area contributed by atoms with E-state index in [2.05, 4.69) is 65.5 Å². The van der Waals surface area contributed by atoms with Gasteiger partial charge < -0.3 is 4.43 Å². The molecule has 3 heteroatoms. The molecule has 2 atom stereocenters. The highest BCUT2D eigenvalue weighted by molar-refractivity contribution is 14.1. The van der Waals surface area contributed by atoms with Crippen LogP contribution in [0.3, 0.4) is 0 Å². The van der Waals surface area contributed by atoms with Crippen molar-refractivity contribution >= 4 is 30.9 Å². The minimum absolute atomic E-state index is 0.189. The van der Waals surface area contributed by atoms with E-state index in [4.69, 9.17) is 10.8 Å². The fourth-order valence-electron chi connectivity index (χ4n) is 2.00. The summed E-state index contributed by atoms with van der Waals surface area (Å²) in [4.78, 5) is 0. The lowest BCUT2D eigenvalue weighted by Crippen LogP contribution is -2.32. The van der Waals surface area contributed by atoms with E-state index in [0.29, 0.717) is 3.92 Å². The maximum Gasteiger partial charge on any atom is 0.266 e. The van der Waals surface area contributed by atoms with Gasteiger partial charge in [-0.1, -0.05) is 46.9 Å². The van der Waals surface area contributed by atoms with Crippen LogP contribution in [-0.4, -0.2) is 12.2 Å². The maximum atomic E-state index is 6.18. The first kappa shape index (κ1) is 12.2. The molecule has 0 saturated carbocycles. The minimum atomic E-state index is -1.93. The smallest absolute Gasteiger partial charge is 0.266 e. The van der Waals surface area contributed by atoms with Crippen molar-refractivity contribution in [2.45, 2.75) is 29.5 Å². The Morgan fingerprint density at radius 1 is 1.44 bits per heavy atom. The molecule has 0 spiro atoms. The summed E-state index contributed by atoms with van der Waals surface area (Å²) in [7, 11) is -1.93. The van der Waals surface area contributed by atoms with Gasteiger partial charge in [0.25, 0.3) is 8.32 Å². The molecule has 0 amide bonds. The van der Waals surface area contributed by atoms with Crippen molar-refractivity contribution in [1.82, 2.24) is 0 Å². The fourth-order valence-corrected chi connectivity index (χ4v) is 4.28. The van der Waals surface area contributed by atoms with E-state index in [-0.39, 0.29) is 6.10 Å². The lowest BCUT2D eigenvalue weighted by molar-refractivity contribution is 0.214. The zero-order valence-corrected chi connectivity index (χ0v) is 12.7. The molecule has 1 nitrogen and oxygen atoms in total. The number of halogens is 1. The Balaban J connectivity index is 2.27. The van der Waals surface area contributed by atoms with Crippen molar-refractivity contribution in [3.63, 3.8) is 0 Å². The number of benzene rings is 1. The first-order valence-electron chi connectivity index (χ1n) is 5.41. The van der Waals surface area contributed by atoms with E-state index in [1.54, 1.807) is 0 Å². The molecular formula is C13H15IOSi. The number of hydrogen-bond acceptors (Lipinski definition) is 1. The first-order valence-corrected chi connectivity index (χ1v) is 9.56. The molecule has 1 aliphatic carbocycles. The van der Waals surface area contributed by atoms with Gasteiger partial charge in [0, 0.05) is 3.92 Å². The van der Waals surface area contributed by atoms with Gasteiger partial charge >= 0.3 is 0 Å². The van der Waals surface area contributed by atoms with Gasteiger partial charge in [-0.15, -0.1) is 12.0 Å². The Morgan fingerprint density at radius 2 is 2.12 bits per heavy atom. The highest BCUT2D eigenvalue weighted by Crippen LogP contribution is 2.40. The van der Waals surface area contributed by atoms with Crippen LogP contribution in [0, 0.1) is 12.0 Å². The molecule has 1 aromatic rings. The van der Waals surface area contributed by atoms with Crippen molar-refractivity contribution in [2.75, 3.05) is 0 Å². The average Bonchev–Trinajstić information content (AvgIpc) is 2.56. The molecule has 0 heterocycles. The fraction of sp³-hybridized carbons (Fsp3) is 0.385. The molecule has 0 bridgehead atoms. The Hall–Kier alpha value is -0.313. The second-order valence-electron chi connectivity index (χ2n) is 4.61. The van der Waals surface area contributed by atoms with Gasteiger partial charge in [0.05, 0.1) is 6.10 Å². The zero-order valence-electron chi connectivity index (χ0n) is 9.53. The maximum absolute atomic E-state index is 6.18. The molecule has 1 aromatic carbocycles. The third kappa shape index (κ3) is 2.34. The summed E-state index contributed by atoms with van der Waals surface area (Å²) >= 11 is 2.47. The summed E-state index contributed by atoms with van der Waals surface area (Å²) in [6.45, 7) is 4.16. The third-order valence-electron chi connectivity index (χ3n) is 2.87. The van der Waals surface area contributed by atoms with Gasteiger partial charge in [-0.2, -0.15) is 0 Å². The van der Waals surface area contributed by atoms with Crippen LogP contribution in [0.2, 0.25) is 13.1 Å². The number of hydrogen-bond donors (Lipinski definition) is 0. The van der Waals surface area contributed by atoms with Crippen LogP contribution in [0.1, 0.15) is 17.2 Å². The molecular weight excluding hydrogens is 327 g/mol. The SMILES string of the molecule is C#C[Si](C)(C)O[C@H]1c2ccccc2C[C@@H]1I. The van der Waals surface area contributed by atoms with Crippen LogP contribution in [0.5, 0.6) is 0 Å². The van der Waals surface area contributed by atoms with Gasteiger partial charge in [0.15, 0.2) is 0 Å². The van der Waals surface area contributed by atoms with E-state index >= 15 is 0 Å². The van der Waals surface area contributed by atoms with Gasteiger partial charge in [-0.05, 0) is 30.6 Å². The lowest BCUT2D eigenvalue weighted by Gasteiger charge is -2.25. The van der Waals surface area contributed by atoms with Crippen LogP contribution in [0.15, 0.2) is 24.3 Å². The lowest BCUT2D eigenvalue weighted by atomic mass is 10.1. The number of terminal acetylenes is 1. The number of alkyl halides is 1. The molecule has 0 radical (unpaired) electrons. The van der Waals surface area contributed by atoms with Crippen LogP contribution in [-0.2, 0) is 10.8 Å². The topological polar surface area (TPSA) is 9.23 Å². The van der Waals surface area contributed by atoms with E-state index in [9.17, 15) is 0 Å². The van der Waals surface area contributed by atoms with Crippen LogP contribution in [0.25, 0.3) is 0 Å². The van der Waals surface area contributed by atoms with Gasteiger partial charge in [-0.25, -0.2) is 0 Å². The third-order valence-corrected chi connectivity index (χ3v) is 5.51. The summed E-state index contributed by atoms with van der Waals surface area (Å²) < 4.78 is 6.69. The normalized spacial score (nSPS) is 23.9. The average molecular weight is 342 g/mol. The second-order valence-corrected chi connectivity index (χ2v) is 9.76. The summed E-state index contributed by atoms with van der Waals surface area (Å²) in [5, 5.41) is 0. The summed E-state index contributed by atoms with van der Waals surface area (Å²) in [6, 6.07) is 8.52. The molecule has 0 N–H and O–H groups in total. The van der Waals surface area contributed by atoms with Crippen molar-refractivity contribution < 1.29 is 4.43 Å². The second kappa shape index (κ2) is 4.51. The molecule has 0 aliphatic heterocycles. The molecule has 0 unspecified atom stereocenters. The number of rotatable bonds is 2. The minimum Gasteiger partial charge on any atom is -0.397 e. The van der Waals surface area contributed by atoms with Crippen molar-refractivity contribution in [3.05, 3.63) is 35.4 Å². The van der Waals surface area contributed by atoms with Crippen LogP contribution < -0.4 is 0 Å². The van der Waals surface area contributed by atoms with Gasteiger partial charge in [0.2, 0.25) is 0 Å². The van der Waals surface area contributed by atoms with Crippen molar-refractivity contribution in [1.29, 1.82) is 0 Å². The number of fused-ring (bicyclic) bond motifs is 1. The molecule has 0 saturated heterocycles. The van der Waals surface area contributed by atoms with E-state index in [1.807, 2.05) is 0 Å². The molecule has 2 rings (SSSR count). The van der Waals surface area contributed by atoms with E-state index < -0.39 is 8.32 Å². The van der Waals surface area contributed by atoms with Gasteiger partial charge in [-0.3, -0.25) is 0 Å². The van der Waals surface area contributed by atoms with Crippen LogP contribution >= 0.6 is 22.6 Å². The highest BCUT2D eigenvalue weighted by atomic mass is 127. The molecule has 16 heavy (non-hydrogen) atoms. The molecule has 0 fully saturated rings. The van der Waals surface area contributed by atoms with E-state index in [0.717, 1.165) is 6.42 Å².